The molecule has 0 radical (unpaired) electrons. The Morgan fingerprint density at radius 1 is 1.08 bits per heavy atom. The van der Waals surface area contributed by atoms with Crippen molar-refractivity contribution in [2.75, 3.05) is 40.5 Å². The van der Waals surface area contributed by atoms with Gasteiger partial charge in [-0.1, -0.05) is 51.1 Å². The average molecular weight is 364 g/mol. The Morgan fingerprint density at radius 3 is 2.42 bits per heavy atom. The van der Waals surface area contributed by atoms with Gasteiger partial charge in [0.25, 0.3) is 0 Å². The average Bonchev–Trinajstić information content (AvgIpc) is 2.62. The zero-order valence-corrected chi connectivity index (χ0v) is 17.2. The van der Waals surface area contributed by atoms with Crippen LogP contribution in [0.15, 0.2) is 35.3 Å². The second kappa shape index (κ2) is 12.7. The molecule has 5 nitrogen and oxygen atoms in total. The van der Waals surface area contributed by atoms with Gasteiger partial charge in [-0.05, 0) is 30.2 Å². The summed E-state index contributed by atoms with van der Waals surface area (Å²) >= 11 is 0. The Bertz CT molecular complexity index is 498. The van der Waals surface area contributed by atoms with E-state index in [0.717, 1.165) is 51.5 Å². The molecule has 5 heteroatoms. The fourth-order valence-corrected chi connectivity index (χ4v) is 2.63. The maximum Gasteiger partial charge on any atom is 0.191 e. The number of benzene rings is 1. The Balaban J connectivity index is 2.06. The van der Waals surface area contributed by atoms with Crippen LogP contribution in [-0.2, 0) is 15.9 Å². The van der Waals surface area contributed by atoms with Gasteiger partial charge >= 0.3 is 0 Å². The van der Waals surface area contributed by atoms with Gasteiger partial charge in [-0.25, -0.2) is 0 Å². The van der Waals surface area contributed by atoms with Gasteiger partial charge in [-0.2, -0.15) is 0 Å². The van der Waals surface area contributed by atoms with E-state index in [2.05, 4.69) is 60.7 Å². The second-order valence-corrected chi connectivity index (χ2v) is 7.53. The molecule has 0 bridgehead atoms. The maximum absolute atomic E-state index is 5.71. The van der Waals surface area contributed by atoms with Crippen LogP contribution in [0.25, 0.3) is 0 Å². The molecule has 2 N–H and O–H groups in total. The summed E-state index contributed by atoms with van der Waals surface area (Å²) in [5.74, 6) is 0.821. The topological polar surface area (TPSA) is 54.9 Å². The van der Waals surface area contributed by atoms with Crippen molar-refractivity contribution in [2.45, 2.75) is 46.1 Å². The summed E-state index contributed by atoms with van der Waals surface area (Å²) in [6.45, 7) is 9.74. The van der Waals surface area contributed by atoms with Gasteiger partial charge in [0, 0.05) is 33.9 Å². The van der Waals surface area contributed by atoms with Crippen LogP contribution in [0, 0.1) is 5.41 Å². The van der Waals surface area contributed by atoms with E-state index in [4.69, 9.17) is 9.47 Å². The summed E-state index contributed by atoms with van der Waals surface area (Å²) in [6, 6.07) is 10.5. The van der Waals surface area contributed by atoms with E-state index < -0.39 is 0 Å². The largest absolute Gasteiger partial charge is 0.381 e. The number of nitrogens with one attached hydrogen (secondary N) is 2. The molecule has 0 aliphatic rings. The fraction of sp³-hybridized carbons (Fsp3) is 0.667. The van der Waals surface area contributed by atoms with Crippen molar-refractivity contribution >= 4 is 5.96 Å². The first-order valence-corrected chi connectivity index (χ1v) is 9.56. The molecule has 1 aromatic carbocycles. The third-order valence-electron chi connectivity index (χ3n) is 4.31. The molecule has 0 spiro atoms. The smallest absolute Gasteiger partial charge is 0.191 e. The number of ether oxygens (including phenoxy) is 2. The minimum absolute atomic E-state index is 0.0949. The minimum atomic E-state index is 0.0949. The van der Waals surface area contributed by atoms with E-state index >= 15 is 0 Å². The van der Waals surface area contributed by atoms with Crippen LogP contribution in [0.4, 0.5) is 0 Å². The van der Waals surface area contributed by atoms with E-state index in [0.29, 0.717) is 0 Å². The quantitative estimate of drug-likeness (QED) is 0.360. The molecule has 0 fully saturated rings. The third kappa shape index (κ3) is 9.78. The molecule has 148 valence electrons. The monoisotopic (exact) mass is 363 g/mol. The van der Waals surface area contributed by atoms with Crippen molar-refractivity contribution in [1.82, 2.24) is 10.6 Å². The summed E-state index contributed by atoms with van der Waals surface area (Å²) in [7, 11) is 3.55. The van der Waals surface area contributed by atoms with E-state index in [1.807, 2.05) is 6.07 Å². The summed E-state index contributed by atoms with van der Waals surface area (Å²) in [5, 5.41) is 6.68. The van der Waals surface area contributed by atoms with E-state index in [1.54, 1.807) is 14.2 Å². The number of methoxy groups -OCH3 is 1. The van der Waals surface area contributed by atoms with Gasteiger partial charge in [0.1, 0.15) is 0 Å². The van der Waals surface area contributed by atoms with Crippen LogP contribution in [0.3, 0.4) is 0 Å². The van der Waals surface area contributed by atoms with Crippen LogP contribution in [0.5, 0.6) is 0 Å². The molecule has 0 saturated carbocycles. The molecule has 1 rings (SSSR count). The fourth-order valence-electron chi connectivity index (χ4n) is 2.63. The van der Waals surface area contributed by atoms with Crippen molar-refractivity contribution in [3.05, 3.63) is 35.9 Å². The number of rotatable bonds is 11. The SMILES string of the molecule is CN=C(NCCCCOCCc1ccccc1)NCC(OC)C(C)(C)C. The normalized spacial score (nSPS) is 13.5. The van der Waals surface area contributed by atoms with Gasteiger partial charge in [0.05, 0.1) is 12.7 Å². The number of hydrogen-bond donors (Lipinski definition) is 2. The highest BCUT2D eigenvalue weighted by molar-refractivity contribution is 5.79. The highest BCUT2D eigenvalue weighted by Crippen LogP contribution is 2.20. The number of unbranched alkanes of at least 4 members (excludes halogenated alkanes) is 1. The van der Waals surface area contributed by atoms with Crippen LogP contribution in [0.2, 0.25) is 0 Å². The Morgan fingerprint density at radius 2 is 1.81 bits per heavy atom. The predicted octanol–water partition coefficient (Wildman–Crippen LogP) is 3.25. The first-order chi connectivity index (χ1) is 12.5. The summed E-state index contributed by atoms with van der Waals surface area (Å²) in [4.78, 5) is 4.26. The van der Waals surface area contributed by atoms with Gasteiger partial charge < -0.3 is 20.1 Å². The van der Waals surface area contributed by atoms with Crippen LogP contribution >= 0.6 is 0 Å². The molecule has 0 amide bonds. The predicted molar refractivity (Wildman–Crippen MR) is 110 cm³/mol. The van der Waals surface area contributed by atoms with Gasteiger partial charge in [0.15, 0.2) is 5.96 Å². The molecular weight excluding hydrogens is 326 g/mol. The van der Waals surface area contributed by atoms with Crippen molar-refractivity contribution in [1.29, 1.82) is 0 Å². The summed E-state index contributed by atoms with van der Waals surface area (Å²) in [5.41, 5.74) is 1.42. The molecule has 1 aromatic rings. The lowest BCUT2D eigenvalue weighted by Crippen LogP contribution is -2.45. The highest BCUT2D eigenvalue weighted by atomic mass is 16.5. The molecule has 0 saturated heterocycles. The van der Waals surface area contributed by atoms with E-state index in [1.165, 1.54) is 5.56 Å². The standard InChI is InChI=1S/C21H37N3O2/c1-21(2,3)19(25-5)17-24-20(22-4)23-14-9-10-15-26-16-13-18-11-7-6-8-12-18/h6-8,11-12,19H,9-10,13-17H2,1-5H3,(H2,22,23,24). The Labute approximate surface area is 159 Å². The lowest BCUT2D eigenvalue weighted by molar-refractivity contribution is 0.0205. The lowest BCUT2D eigenvalue weighted by Gasteiger charge is -2.30. The van der Waals surface area contributed by atoms with Gasteiger partial charge in [-0.3, -0.25) is 4.99 Å². The van der Waals surface area contributed by atoms with Crippen molar-refractivity contribution in [2.24, 2.45) is 10.4 Å². The molecule has 0 aromatic heterocycles. The second-order valence-electron chi connectivity index (χ2n) is 7.53. The Kier molecular flexibility index (Phi) is 11.0. The number of hydrogen-bond acceptors (Lipinski definition) is 3. The molecule has 26 heavy (non-hydrogen) atoms. The van der Waals surface area contributed by atoms with Crippen LogP contribution in [-0.4, -0.2) is 52.5 Å². The zero-order valence-electron chi connectivity index (χ0n) is 17.2. The van der Waals surface area contributed by atoms with Crippen molar-refractivity contribution < 1.29 is 9.47 Å². The maximum atomic E-state index is 5.71. The number of aliphatic imine (C=N–C) groups is 1. The highest BCUT2D eigenvalue weighted by Gasteiger charge is 2.24. The number of nitrogens with zero attached hydrogens (tertiary/aromatic N) is 1. The third-order valence-corrected chi connectivity index (χ3v) is 4.31. The molecular formula is C21H37N3O2. The van der Waals surface area contributed by atoms with E-state index in [9.17, 15) is 0 Å². The van der Waals surface area contributed by atoms with Crippen molar-refractivity contribution in [3.8, 4) is 0 Å². The molecule has 0 heterocycles. The molecule has 0 aliphatic carbocycles. The first-order valence-electron chi connectivity index (χ1n) is 9.56. The first kappa shape index (κ1) is 22.5. The minimum Gasteiger partial charge on any atom is -0.381 e. The van der Waals surface area contributed by atoms with Gasteiger partial charge in [-0.15, -0.1) is 0 Å². The lowest BCUT2D eigenvalue weighted by atomic mass is 9.89. The zero-order chi connectivity index (χ0) is 19.3. The Hall–Kier alpha value is -1.59. The molecule has 1 unspecified atom stereocenters. The van der Waals surface area contributed by atoms with Crippen molar-refractivity contribution in [3.63, 3.8) is 0 Å². The summed E-state index contributed by atoms with van der Waals surface area (Å²) in [6.07, 6.45) is 3.21. The van der Waals surface area contributed by atoms with Gasteiger partial charge in [0.2, 0.25) is 0 Å². The molecule has 0 aliphatic heterocycles. The van der Waals surface area contributed by atoms with Crippen LogP contribution < -0.4 is 10.6 Å². The summed E-state index contributed by atoms with van der Waals surface area (Å²) < 4.78 is 11.3. The number of guanidine groups is 1. The molecule has 1 atom stereocenters. The van der Waals surface area contributed by atoms with E-state index in [-0.39, 0.29) is 11.5 Å². The van der Waals surface area contributed by atoms with Crippen LogP contribution in [0.1, 0.15) is 39.2 Å².